The largest absolute Gasteiger partial charge is 0.392 e. The number of likely N-dealkylation sites (tertiary alicyclic amines) is 1. The van der Waals surface area contributed by atoms with Crippen molar-refractivity contribution >= 4 is 5.91 Å². The van der Waals surface area contributed by atoms with Crippen LogP contribution in [0.5, 0.6) is 0 Å². The van der Waals surface area contributed by atoms with Crippen LogP contribution in [0.15, 0.2) is 0 Å². The quantitative estimate of drug-likeness (QED) is 0.752. The Hall–Kier alpha value is -0.610. The molecule has 0 unspecified atom stereocenters. The van der Waals surface area contributed by atoms with Gasteiger partial charge in [-0.1, -0.05) is 19.3 Å². The van der Waals surface area contributed by atoms with Crippen LogP contribution in [0.3, 0.4) is 0 Å². The van der Waals surface area contributed by atoms with E-state index in [0.29, 0.717) is 18.4 Å². The van der Waals surface area contributed by atoms with Crippen LogP contribution >= 0.6 is 0 Å². The summed E-state index contributed by atoms with van der Waals surface area (Å²) < 4.78 is 0. The molecule has 2 atom stereocenters. The Morgan fingerprint density at radius 1 is 1.16 bits per heavy atom. The van der Waals surface area contributed by atoms with E-state index in [1.54, 1.807) is 0 Å². The van der Waals surface area contributed by atoms with E-state index in [9.17, 15) is 9.90 Å². The Morgan fingerprint density at radius 3 is 2.58 bits per heavy atom. The highest BCUT2D eigenvalue weighted by Gasteiger charge is 2.40. The van der Waals surface area contributed by atoms with Crippen LogP contribution < -0.4 is 5.32 Å². The maximum absolute atomic E-state index is 12.5. The predicted octanol–water partition coefficient (Wildman–Crippen LogP) is 1.28. The van der Waals surface area contributed by atoms with Gasteiger partial charge < -0.3 is 15.3 Å². The second kappa shape index (κ2) is 5.41. The van der Waals surface area contributed by atoms with Gasteiger partial charge in [-0.05, 0) is 37.5 Å². The summed E-state index contributed by atoms with van der Waals surface area (Å²) in [6.45, 7) is 2.43. The number of nitrogens with one attached hydrogen (secondary N) is 1. The van der Waals surface area contributed by atoms with Crippen molar-refractivity contribution in [1.82, 2.24) is 10.2 Å². The van der Waals surface area contributed by atoms with E-state index in [1.165, 1.54) is 38.5 Å². The van der Waals surface area contributed by atoms with Crippen molar-refractivity contribution < 1.29 is 9.90 Å². The van der Waals surface area contributed by atoms with E-state index in [2.05, 4.69) is 10.2 Å². The second-order valence-corrected chi connectivity index (χ2v) is 6.77. The Bertz CT molecular complexity index is 334. The SMILES string of the molecule is O=C([C@@H]1C[C@@H](O)CN1)N1CCCC2(CCCCC2)C1. The van der Waals surface area contributed by atoms with Gasteiger partial charge in [0.05, 0.1) is 12.1 Å². The van der Waals surface area contributed by atoms with Crippen molar-refractivity contribution in [1.29, 1.82) is 0 Å². The highest BCUT2D eigenvalue weighted by Crippen LogP contribution is 2.43. The first-order valence-corrected chi connectivity index (χ1v) is 7.89. The molecule has 1 amide bonds. The molecule has 1 spiro atoms. The maximum Gasteiger partial charge on any atom is 0.239 e. The average molecular weight is 266 g/mol. The van der Waals surface area contributed by atoms with Gasteiger partial charge in [0.2, 0.25) is 5.91 Å². The third-order valence-electron chi connectivity index (χ3n) is 5.29. The fraction of sp³-hybridized carbons (Fsp3) is 0.933. The summed E-state index contributed by atoms with van der Waals surface area (Å²) in [5.41, 5.74) is 0.420. The minimum Gasteiger partial charge on any atom is -0.392 e. The summed E-state index contributed by atoms with van der Waals surface area (Å²) in [5.74, 6) is 0.223. The zero-order chi connectivity index (χ0) is 13.3. The summed E-state index contributed by atoms with van der Waals surface area (Å²) in [4.78, 5) is 14.6. The lowest BCUT2D eigenvalue weighted by atomic mass is 9.69. The first-order chi connectivity index (χ1) is 9.19. The Kier molecular flexibility index (Phi) is 3.81. The van der Waals surface area contributed by atoms with Crippen molar-refractivity contribution in [2.45, 2.75) is 63.5 Å². The van der Waals surface area contributed by atoms with Crippen molar-refractivity contribution in [2.75, 3.05) is 19.6 Å². The van der Waals surface area contributed by atoms with Crippen LogP contribution in [-0.2, 0) is 4.79 Å². The summed E-state index contributed by atoms with van der Waals surface area (Å²) >= 11 is 0. The molecule has 108 valence electrons. The standard InChI is InChI=1S/C15H26N2O2/c18-12-9-13(16-10-12)14(19)17-8-4-7-15(11-17)5-2-1-3-6-15/h12-13,16,18H,1-11H2/t12-,13+/m1/s1. The molecule has 0 aromatic rings. The van der Waals surface area contributed by atoms with Crippen molar-refractivity contribution in [3.05, 3.63) is 0 Å². The second-order valence-electron chi connectivity index (χ2n) is 6.77. The van der Waals surface area contributed by atoms with Crippen LogP contribution in [0.2, 0.25) is 0 Å². The van der Waals surface area contributed by atoms with Gasteiger partial charge in [0.1, 0.15) is 0 Å². The predicted molar refractivity (Wildman–Crippen MR) is 73.7 cm³/mol. The summed E-state index contributed by atoms with van der Waals surface area (Å²) in [6.07, 6.45) is 9.34. The number of rotatable bonds is 1. The van der Waals surface area contributed by atoms with Crippen molar-refractivity contribution in [3.8, 4) is 0 Å². The van der Waals surface area contributed by atoms with E-state index in [4.69, 9.17) is 0 Å². The molecule has 2 N–H and O–H groups in total. The summed E-state index contributed by atoms with van der Waals surface area (Å²) in [6, 6.07) is -0.145. The molecule has 19 heavy (non-hydrogen) atoms. The van der Waals surface area contributed by atoms with Crippen LogP contribution in [-0.4, -0.2) is 47.7 Å². The highest BCUT2D eigenvalue weighted by molar-refractivity contribution is 5.82. The lowest BCUT2D eigenvalue weighted by Gasteiger charge is -2.45. The molecule has 3 aliphatic rings. The maximum atomic E-state index is 12.5. The fourth-order valence-corrected chi connectivity index (χ4v) is 4.23. The number of β-amino-alcohol motifs (C(OH)–C–C–N with tert-alkyl or cyclic N) is 1. The van der Waals surface area contributed by atoms with Gasteiger partial charge in [0.25, 0.3) is 0 Å². The lowest BCUT2D eigenvalue weighted by molar-refractivity contribution is -0.137. The summed E-state index contributed by atoms with van der Waals surface area (Å²) in [7, 11) is 0. The molecular formula is C15H26N2O2. The summed E-state index contributed by atoms with van der Waals surface area (Å²) in [5, 5.41) is 12.7. The van der Waals surface area contributed by atoms with Crippen LogP contribution in [0.1, 0.15) is 51.4 Å². The number of aliphatic hydroxyl groups excluding tert-OH is 1. The molecule has 2 saturated heterocycles. The minimum atomic E-state index is -0.345. The molecule has 2 aliphatic heterocycles. The first kappa shape index (κ1) is 13.4. The molecule has 1 saturated carbocycles. The molecule has 0 radical (unpaired) electrons. The Balaban J connectivity index is 1.62. The van der Waals surface area contributed by atoms with Gasteiger partial charge in [-0.3, -0.25) is 4.79 Å². The molecule has 2 heterocycles. The van der Waals surface area contributed by atoms with Crippen LogP contribution in [0, 0.1) is 5.41 Å². The van der Waals surface area contributed by atoms with Gasteiger partial charge in [-0.25, -0.2) is 0 Å². The Labute approximate surface area is 115 Å². The smallest absolute Gasteiger partial charge is 0.239 e. The van der Waals surface area contributed by atoms with Crippen molar-refractivity contribution in [2.24, 2.45) is 5.41 Å². The third kappa shape index (κ3) is 2.79. The topological polar surface area (TPSA) is 52.6 Å². The number of aliphatic hydroxyl groups is 1. The number of carbonyl (C=O) groups excluding carboxylic acids is 1. The first-order valence-electron chi connectivity index (χ1n) is 7.89. The number of hydrogen-bond acceptors (Lipinski definition) is 3. The third-order valence-corrected chi connectivity index (χ3v) is 5.29. The van der Waals surface area contributed by atoms with Gasteiger partial charge in [-0.15, -0.1) is 0 Å². The van der Waals surface area contributed by atoms with Gasteiger partial charge in [-0.2, -0.15) is 0 Å². The van der Waals surface area contributed by atoms with Gasteiger partial charge in [0, 0.05) is 19.6 Å². The Morgan fingerprint density at radius 2 is 1.89 bits per heavy atom. The van der Waals surface area contributed by atoms with Crippen LogP contribution in [0.4, 0.5) is 0 Å². The number of carbonyl (C=O) groups is 1. The molecule has 0 aromatic carbocycles. The normalized spacial score (nSPS) is 34.7. The molecular weight excluding hydrogens is 240 g/mol. The van der Waals surface area contributed by atoms with E-state index in [0.717, 1.165) is 19.5 Å². The van der Waals surface area contributed by atoms with E-state index < -0.39 is 0 Å². The molecule has 4 heteroatoms. The molecule has 0 aromatic heterocycles. The monoisotopic (exact) mass is 266 g/mol. The number of hydrogen-bond donors (Lipinski definition) is 2. The average Bonchev–Trinajstić information content (AvgIpc) is 2.85. The van der Waals surface area contributed by atoms with Crippen molar-refractivity contribution in [3.63, 3.8) is 0 Å². The highest BCUT2D eigenvalue weighted by atomic mass is 16.3. The van der Waals surface area contributed by atoms with Crippen LogP contribution in [0.25, 0.3) is 0 Å². The van der Waals surface area contributed by atoms with E-state index in [-0.39, 0.29) is 18.1 Å². The molecule has 0 bridgehead atoms. The number of amides is 1. The molecule has 3 rings (SSSR count). The van der Waals surface area contributed by atoms with Gasteiger partial charge >= 0.3 is 0 Å². The number of piperidine rings is 1. The van der Waals surface area contributed by atoms with E-state index in [1.807, 2.05) is 0 Å². The van der Waals surface area contributed by atoms with Gasteiger partial charge in [0.15, 0.2) is 0 Å². The molecule has 4 nitrogen and oxygen atoms in total. The number of nitrogens with zero attached hydrogens (tertiary/aromatic N) is 1. The van der Waals surface area contributed by atoms with E-state index >= 15 is 0 Å². The molecule has 3 fully saturated rings. The zero-order valence-corrected chi connectivity index (χ0v) is 11.7. The minimum absolute atomic E-state index is 0.145. The fourth-order valence-electron chi connectivity index (χ4n) is 4.23. The zero-order valence-electron chi connectivity index (χ0n) is 11.7. The molecule has 1 aliphatic carbocycles. The lowest BCUT2D eigenvalue weighted by Crippen LogP contribution is -2.51.